The molecule has 3 unspecified atom stereocenters. The summed E-state index contributed by atoms with van der Waals surface area (Å²) < 4.78 is 0. The lowest BCUT2D eigenvalue weighted by molar-refractivity contribution is 0.236. The van der Waals surface area contributed by atoms with Gasteiger partial charge in [0, 0.05) is 19.1 Å². The highest BCUT2D eigenvalue weighted by Gasteiger charge is 2.28. The second-order valence-corrected chi connectivity index (χ2v) is 4.65. The lowest BCUT2D eigenvalue weighted by Gasteiger charge is -2.24. The Morgan fingerprint density at radius 3 is 2.31 bits per heavy atom. The molecule has 0 amide bonds. The van der Waals surface area contributed by atoms with Gasteiger partial charge < -0.3 is 10.2 Å². The molecule has 0 aromatic carbocycles. The molecule has 0 radical (unpaired) electrons. The van der Waals surface area contributed by atoms with Gasteiger partial charge in [-0.05, 0) is 38.8 Å². The molecule has 13 heavy (non-hydrogen) atoms. The van der Waals surface area contributed by atoms with Crippen LogP contribution in [0.1, 0.15) is 27.2 Å². The van der Waals surface area contributed by atoms with Crippen molar-refractivity contribution < 1.29 is 0 Å². The van der Waals surface area contributed by atoms with Crippen molar-refractivity contribution in [3.8, 4) is 0 Å². The van der Waals surface area contributed by atoms with Crippen LogP contribution < -0.4 is 5.32 Å². The van der Waals surface area contributed by atoms with Gasteiger partial charge in [0.25, 0.3) is 0 Å². The van der Waals surface area contributed by atoms with E-state index in [1.807, 2.05) is 7.05 Å². The minimum absolute atomic E-state index is 0.750. The molecule has 1 fully saturated rings. The molecule has 3 atom stereocenters. The first-order valence-corrected chi connectivity index (χ1v) is 5.53. The molecule has 78 valence electrons. The first-order valence-electron chi connectivity index (χ1n) is 5.53. The van der Waals surface area contributed by atoms with Crippen LogP contribution >= 0.6 is 0 Å². The van der Waals surface area contributed by atoms with E-state index >= 15 is 0 Å². The largest absolute Gasteiger partial charge is 0.320 e. The van der Waals surface area contributed by atoms with Gasteiger partial charge in [0.1, 0.15) is 0 Å². The molecule has 2 nitrogen and oxygen atoms in total. The molecule has 0 aromatic heterocycles. The Bertz CT molecular complexity index is 137. The van der Waals surface area contributed by atoms with Crippen molar-refractivity contribution in [1.82, 2.24) is 10.2 Å². The molecular formula is C11H24N2. The van der Waals surface area contributed by atoms with E-state index in [0.29, 0.717) is 0 Å². The first-order chi connectivity index (χ1) is 6.15. The van der Waals surface area contributed by atoms with Gasteiger partial charge >= 0.3 is 0 Å². The quantitative estimate of drug-likeness (QED) is 0.713. The number of likely N-dealkylation sites (tertiary alicyclic amines) is 1. The van der Waals surface area contributed by atoms with E-state index in [1.165, 1.54) is 19.5 Å². The van der Waals surface area contributed by atoms with Crippen LogP contribution in [0.25, 0.3) is 0 Å². The van der Waals surface area contributed by atoms with Gasteiger partial charge in [-0.2, -0.15) is 0 Å². The minimum Gasteiger partial charge on any atom is -0.320 e. The predicted octanol–water partition coefficient (Wildman–Crippen LogP) is 1.57. The van der Waals surface area contributed by atoms with Gasteiger partial charge in [0.05, 0.1) is 0 Å². The standard InChI is InChI=1S/C11H24N2/c1-9-7-13(8-10(9)2)11(3)5-6-12-4/h9-12H,5-8H2,1-4H3. The molecule has 1 heterocycles. The van der Waals surface area contributed by atoms with Crippen LogP contribution in [0.3, 0.4) is 0 Å². The fourth-order valence-corrected chi connectivity index (χ4v) is 2.07. The maximum Gasteiger partial charge on any atom is 0.00792 e. The van der Waals surface area contributed by atoms with Gasteiger partial charge in [-0.3, -0.25) is 0 Å². The Labute approximate surface area is 82.7 Å². The molecule has 2 heteroatoms. The zero-order chi connectivity index (χ0) is 9.84. The third-order valence-electron chi connectivity index (χ3n) is 3.45. The van der Waals surface area contributed by atoms with Crippen LogP contribution in [0.15, 0.2) is 0 Å². The number of hydrogen-bond acceptors (Lipinski definition) is 2. The summed E-state index contributed by atoms with van der Waals surface area (Å²) in [6, 6.07) is 0.750. The van der Waals surface area contributed by atoms with Gasteiger partial charge in [0.15, 0.2) is 0 Å². The highest BCUT2D eigenvalue weighted by Crippen LogP contribution is 2.24. The highest BCUT2D eigenvalue weighted by atomic mass is 15.2. The average Bonchev–Trinajstić information content (AvgIpc) is 2.43. The normalized spacial score (nSPS) is 32.3. The Kier molecular flexibility index (Phi) is 4.20. The lowest BCUT2D eigenvalue weighted by atomic mass is 10.0. The summed E-state index contributed by atoms with van der Waals surface area (Å²) in [6.45, 7) is 10.8. The molecule has 0 bridgehead atoms. The summed E-state index contributed by atoms with van der Waals surface area (Å²) in [4.78, 5) is 2.63. The van der Waals surface area contributed by atoms with Gasteiger partial charge in [-0.1, -0.05) is 13.8 Å². The van der Waals surface area contributed by atoms with Crippen LogP contribution in [0.4, 0.5) is 0 Å². The van der Waals surface area contributed by atoms with Crippen molar-refractivity contribution in [3.05, 3.63) is 0 Å². The summed E-state index contributed by atoms with van der Waals surface area (Å²) in [5.41, 5.74) is 0. The Morgan fingerprint density at radius 2 is 1.85 bits per heavy atom. The summed E-state index contributed by atoms with van der Waals surface area (Å²) in [5, 5.41) is 3.22. The van der Waals surface area contributed by atoms with E-state index in [-0.39, 0.29) is 0 Å². The fraction of sp³-hybridized carbons (Fsp3) is 1.00. The van der Waals surface area contributed by atoms with Crippen LogP contribution in [0.5, 0.6) is 0 Å². The number of nitrogens with one attached hydrogen (secondary N) is 1. The third kappa shape index (κ3) is 2.96. The lowest BCUT2D eigenvalue weighted by Crippen LogP contribution is -2.33. The van der Waals surface area contributed by atoms with Crippen molar-refractivity contribution in [2.75, 3.05) is 26.7 Å². The summed E-state index contributed by atoms with van der Waals surface area (Å²) in [5.74, 6) is 1.77. The Balaban J connectivity index is 2.28. The van der Waals surface area contributed by atoms with Crippen molar-refractivity contribution in [1.29, 1.82) is 0 Å². The number of nitrogens with zero attached hydrogens (tertiary/aromatic N) is 1. The maximum atomic E-state index is 3.22. The monoisotopic (exact) mass is 184 g/mol. The Hall–Kier alpha value is -0.0800. The van der Waals surface area contributed by atoms with Crippen molar-refractivity contribution >= 4 is 0 Å². The van der Waals surface area contributed by atoms with Gasteiger partial charge in [0.2, 0.25) is 0 Å². The van der Waals surface area contributed by atoms with Gasteiger partial charge in [-0.15, -0.1) is 0 Å². The van der Waals surface area contributed by atoms with Crippen molar-refractivity contribution in [2.24, 2.45) is 11.8 Å². The second kappa shape index (κ2) is 4.97. The van der Waals surface area contributed by atoms with Crippen LogP contribution in [-0.4, -0.2) is 37.6 Å². The topological polar surface area (TPSA) is 15.3 Å². The van der Waals surface area contributed by atoms with Crippen LogP contribution in [0.2, 0.25) is 0 Å². The SMILES string of the molecule is CNCCC(C)N1CC(C)C(C)C1. The molecule has 1 saturated heterocycles. The van der Waals surface area contributed by atoms with E-state index in [4.69, 9.17) is 0 Å². The number of rotatable bonds is 4. The van der Waals surface area contributed by atoms with Crippen molar-refractivity contribution in [3.63, 3.8) is 0 Å². The maximum absolute atomic E-state index is 3.22. The van der Waals surface area contributed by atoms with Crippen molar-refractivity contribution in [2.45, 2.75) is 33.2 Å². The molecule has 0 aromatic rings. The van der Waals surface area contributed by atoms with E-state index in [1.54, 1.807) is 0 Å². The predicted molar refractivity (Wildman–Crippen MR) is 57.9 cm³/mol. The van der Waals surface area contributed by atoms with E-state index in [2.05, 4.69) is 31.0 Å². The molecule has 0 saturated carbocycles. The highest BCUT2D eigenvalue weighted by molar-refractivity contribution is 4.82. The molecule has 0 spiro atoms. The molecule has 0 aliphatic carbocycles. The summed E-state index contributed by atoms with van der Waals surface area (Å²) in [6.07, 6.45) is 1.27. The van der Waals surface area contributed by atoms with Crippen LogP contribution in [-0.2, 0) is 0 Å². The minimum atomic E-state index is 0.750. The third-order valence-corrected chi connectivity index (χ3v) is 3.45. The average molecular weight is 184 g/mol. The molecular weight excluding hydrogens is 160 g/mol. The van der Waals surface area contributed by atoms with E-state index in [9.17, 15) is 0 Å². The number of hydrogen-bond donors (Lipinski definition) is 1. The van der Waals surface area contributed by atoms with E-state index in [0.717, 1.165) is 24.4 Å². The summed E-state index contributed by atoms with van der Waals surface area (Å²) in [7, 11) is 2.03. The fourth-order valence-electron chi connectivity index (χ4n) is 2.07. The first kappa shape index (κ1) is 11.0. The second-order valence-electron chi connectivity index (χ2n) is 4.65. The molecule has 1 rings (SSSR count). The molecule has 1 aliphatic rings. The zero-order valence-electron chi connectivity index (χ0n) is 9.51. The zero-order valence-corrected chi connectivity index (χ0v) is 9.51. The Morgan fingerprint density at radius 1 is 1.31 bits per heavy atom. The smallest absolute Gasteiger partial charge is 0.00792 e. The van der Waals surface area contributed by atoms with E-state index < -0.39 is 0 Å². The molecule has 1 N–H and O–H groups in total. The van der Waals surface area contributed by atoms with Crippen LogP contribution in [0, 0.1) is 11.8 Å². The summed E-state index contributed by atoms with van der Waals surface area (Å²) >= 11 is 0. The molecule has 1 aliphatic heterocycles. The van der Waals surface area contributed by atoms with Gasteiger partial charge in [-0.25, -0.2) is 0 Å².